The Morgan fingerprint density at radius 3 is 2.80 bits per heavy atom. The van der Waals surface area contributed by atoms with E-state index in [-0.39, 0.29) is 0 Å². The molecule has 3 nitrogen and oxygen atoms in total. The zero-order valence-corrected chi connectivity index (χ0v) is 9.37. The average molecular weight is 205 g/mol. The molecule has 1 saturated heterocycles. The number of likely N-dealkylation sites (tertiary alicyclic amines) is 1. The van der Waals surface area contributed by atoms with Gasteiger partial charge in [-0.1, -0.05) is 6.07 Å². The number of hydrogen-bond donors (Lipinski definition) is 1. The molecule has 0 atom stereocenters. The number of aryl methyl sites for hydroxylation is 1. The number of pyridine rings is 1. The predicted octanol–water partition coefficient (Wildman–Crippen LogP) is 1.90. The standard InChI is InChI=1S/C12H19N3/c1-11-4-5-12(14-10-11)13-6-9-15-7-2-3-8-15/h4-5,10H,2-3,6-9H2,1H3,(H,13,14). The summed E-state index contributed by atoms with van der Waals surface area (Å²) in [5.74, 6) is 0.986. The van der Waals surface area contributed by atoms with E-state index in [1.165, 1.54) is 31.5 Å². The molecule has 1 aliphatic rings. The van der Waals surface area contributed by atoms with Crippen LogP contribution in [0, 0.1) is 6.92 Å². The van der Waals surface area contributed by atoms with E-state index in [0.29, 0.717) is 0 Å². The number of nitrogens with one attached hydrogen (secondary N) is 1. The summed E-state index contributed by atoms with van der Waals surface area (Å²) in [5, 5.41) is 3.35. The first-order chi connectivity index (χ1) is 7.34. The van der Waals surface area contributed by atoms with E-state index in [1.54, 1.807) is 0 Å². The minimum absolute atomic E-state index is 0.986. The van der Waals surface area contributed by atoms with Crippen molar-refractivity contribution in [2.24, 2.45) is 0 Å². The highest BCUT2D eigenvalue weighted by Crippen LogP contribution is 2.07. The van der Waals surface area contributed by atoms with Crippen LogP contribution in [-0.4, -0.2) is 36.1 Å². The van der Waals surface area contributed by atoms with E-state index in [9.17, 15) is 0 Å². The number of anilines is 1. The van der Waals surface area contributed by atoms with Crippen LogP contribution in [-0.2, 0) is 0 Å². The molecule has 1 fully saturated rings. The average Bonchev–Trinajstić information content (AvgIpc) is 2.74. The second-order valence-electron chi connectivity index (χ2n) is 4.20. The molecule has 2 heterocycles. The maximum atomic E-state index is 4.31. The van der Waals surface area contributed by atoms with Gasteiger partial charge in [-0.15, -0.1) is 0 Å². The Labute approximate surface area is 91.5 Å². The smallest absolute Gasteiger partial charge is 0.125 e. The van der Waals surface area contributed by atoms with Gasteiger partial charge in [0.1, 0.15) is 5.82 Å². The van der Waals surface area contributed by atoms with E-state index in [0.717, 1.165) is 18.9 Å². The highest BCUT2D eigenvalue weighted by molar-refractivity contribution is 5.34. The van der Waals surface area contributed by atoms with Gasteiger partial charge in [0.2, 0.25) is 0 Å². The Bertz CT molecular complexity index is 288. The van der Waals surface area contributed by atoms with Crippen molar-refractivity contribution < 1.29 is 0 Å². The fourth-order valence-corrected chi connectivity index (χ4v) is 1.92. The van der Waals surface area contributed by atoms with E-state index in [2.05, 4.69) is 28.2 Å². The molecule has 0 amide bonds. The van der Waals surface area contributed by atoms with Crippen LogP contribution in [0.25, 0.3) is 0 Å². The second-order valence-corrected chi connectivity index (χ2v) is 4.20. The minimum atomic E-state index is 0.986. The third-order valence-electron chi connectivity index (χ3n) is 2.84. The maximum absolute atomic E-state index is 4.31. The number of hydrogen-bond acceptors (Lipinski definition) is 3. The van der Waals surface area contributed by atoms with Gasteiger partial charge in [-0.05, 0) is 44.5 Å². The largest absolute Gasteiger partial charge is 0.369 e. The molecule has 0 aromatic carbocycles. The normalized spacial score (nSPS) is 16.9. The molecule has 1 N–H and O–H groups in total. The summed E-state index contributed by atoms with van der Waals surface area (Å²) < 4.78 is 0. The van der Waals surface area contributed by atoms with Crippen LogP contribution in [0.15, 0.2) is 18.3 Å². The van der Waals surface area contributed by atoms with Gasteiger partial charge in [0.25, 0.3) is 0 Å². The van der Waals surface area contributed by atoms with Gasteiger partial charge < -0.3 is 10.2 Å². The predicted molar refractivity (Wildman–Crippen MR) is 63.1 cm³/mol. The number of rotatable bonds is 4. The number of nitrogens with zero attached hydrogens (tertiary/aromatic N) is 2. The van der Waals surface area contributed by atoms with Crippen molar-refractivity contribution in [1.82, 2.24) is 9.88 Å². The third kappa shape index (κ3) is 3.20. The Morgan fingerprint density at radius 2 is 2.13 bits per heavy atom. The molecule has 0 radical (unpaired) electrons. The summed E-state index contributed by atoms with van der Waals surface area (Å²) in [5.41, 5.74) is 1.21. The first kappa shape index (κ1) is 10.4. The molecular formula is C12H19N3. The van der Waals surface area contributed by atoms with E-state index in [4.69, 9.17) is 0 Å². The van der Waals surface area contributed by atoms with Crippen LogP contribution in [0.4, 0.5) is 5.82 Å². The Kier molecular flexibility index (Phi) is 3.56. The van der Waals surface area contributed by atoms with Gasteiger partial charge in [-0.2, -0.15) is 0 Å². The summed E-state index contributed by atoms with van der Waals surface area (Å²) in [6.07, 6.45) is 4.63. The maximum Gasteiger partial charge on any atom is 0.125 e. The summed E-state index contributed by atoms with van der Waals surface area (Å²) >= 11 is 0. The van der Waals surface area contributed by atoms with Crippen LogP contribution in [0.2, 0.25) is 0 Å². The van der Waals surface area contributed by atoms with E-state index < -0.39 is 0 Å². The van der Waals surface area contributed by atoms with Crippen molar-refractivity contribution in [3.05, 3.63) is 23.9 Å². The molecule has 0 unspecified atom stereocenters. The lowest BCUT2D eigenvalue weighted by molar-refractivity contribution is 0.352. The molecule has 0 spiro atoms. The lowest BCUT2D eigenvalue weighted by Gasteiger charge is -2.14. The first-order valence-electron chi connectivity index (χ1n) is 5.73. The Morgan fingerprint density at radius 1 is 1.33 bits per heavy atom. The van der Waals surface area contributed by atoms with Crippen LogP contribution in [0.5, 0.6) is 0 Å². The third-order valence-corrected chi connectivity index (χ3v) is 2.84. The highest BCUT2D eigenvalue weighted by atomic mass is 15.2. The molecule has 2 rings (SSSR count). The lowest BCUT2D eigenvalue weighted by Crippen LogP contribution is -2.26. The summed E-state index contributed by atoms with van der Waals surface area (Å²) in [6.45, 7) is 6.72. The van der Waals surface area contributed by atoms with Crippen LogP contribution >= 0.6 is 0 Å². The molecule has 15 heavy (non-hydrogen) atoms. The Balaban J connectivity index is 1.71. The van der Waals surface area contributed by atoms with Crippen LogP contribution in [0.3, 0.4) is 0 Å². The topological polar surface area (TPSA) is 28.2 Å². The SMILES string of the molecule is Cc1ccc(NCCN2CCCC2)nc1. The second kappa shape index (κ2) is 5.12. The van der Waals surface area contributed by atoms with Gasteiger partial charge in [-0.3, -0.25) is 0 Å². The quantitative estimate of drug-likeness (QED) is 0.813. The lowest BCUT2D eigenvalue weighted by atomic mass is 10.3. The van der Waals surface area contributed by atoms with Gasteiger partial charge in [0.15, 0.2) is 0 Å². The van der Waals surface area contributed by atoms with Gasteiger partial charge in [0.05, 0.1) is 0 Å². The van der Waals surface area contributed by atoms with Crippen LogP contribution < -0.4 is 5.32 Å². The molecule has 82 valence electrons. The molecule has 0 aliphatic carbocycles. The summed E-state index contributed by atoms with van der Waals surface area (Å²) in [6, 6.07) is 4.13. The van der Waals surface area contributed by atoms with Crippen molar-refractivity contribution in [1.29, 1.82) is 0 Å². The van der Waals surface area contributed by atoms with Gasteiger partial charge in [-0.25, -0.2) is 4.98 Å². The van der Waals surface area contributed by atoms with E-state index in [1.807, 2.05) is 12.3 Å². The fourth-order valence-electron chi connectivity index (χ4n) is 1.92. The summed E-state index contributed by atoms with van der Waals surface area (Å²) in [4.78, 5) is 6.81. The van der Waals surface area contributed by atoms with E-state index >= 15 is 0 Å². The zero-order chi connectivity index (χ0) is 10.5. The Hall–Kier alpha value is -1.09. The summed E-state index contributed by atoms with van der Waals surface area (Å²) in [7, 11) is 0. The molecule has 1 aromatic rings. The zero-order valence-electron chi connectivity index (χ0n) is 9.37. The monoisotopic (exact) mass is 205 g/mol. The minimum Gasteiger partial charge on any atom is -0.369 e. The van der Waals surface area contributed by atoms with Crippen molar-refractivity contribution in [2.75, 3.05) is 31.5 Å². The molecule has 0 saturated carbocycles. The fraction of sp³-hybridized carbons (Fsp3) is 0.583. The molecule has 1 aromatic heterocycles. The molecule has 3 heteroatoms. The van der Waals surface area contributed by atoms with Crippen molar-refractivity contribution in [2.45, 2.75) is 19.8 Å². The molecule has 1 aliphatic heterocycles. The van der Waals surface area contributed by atoms with Crippen molar-refractivity contribution in [3.63, 3.8) is 0 Å². The van der Waals surface area contributed by atoms with Crippen molar-refractivity contribution >= 4 is 5.82 Å². The van der Waals surface area contributed by atoms with Gasteiger partial charge in [0, 0.05) is 19.3 Å². The number of aromatic nitrogens is 1. The highest BCUT2D eigenvalue weighted by Gasteiger charge is 2.09. The van der Waals surface area contributed by atoms with Gasteiger partial charge >= 0.3 is 0 Å². The van der Waals surface area contributed by atoms with Crippen molar-refractivity contribution in [3.8, 4) is 0 Å². The van der Waals surface area contributed by atoms with Crippen LogP contribution in [0.1, 0.15) is 18.4 Å². The molecular weight excluding hydrogens is 186 g/mol. The first-order valence-corrected chi connectivity index (χ1v) is 5.73. The molecule has 0 bridgehead atoms.